The van der Waals surface area contributed by atoms with Crippen molar-refractivity contribution in [3.05, 3.63) is 29.8 Å². The van der Waals surface area contributed by atoms with Gasteiger partial charge in [0.15, 0.2) is 11.5 Å². The van der Waals surface area contributed by atoms with E-state index in [1.165, 1.54) is 24.3 Å². The van der Waals surface area contributed by atoms with E-state index in [4.69, 9.17) is 14.6 Å². The molecule has 5 atom stereocenters. The Labute approximate surface area is 169 Å². The van der Waals surface area contributed by atoms with Crippen LogP contribution < -0.4 is 15.4 Å². The minimum atomic E-state index is -1.85. The van der Waals surface area contributed by atoms with Gasteiger partial charge in [0.2, 0.25) is 18.1 Å². The molecule has 0 bridgehead atoms. The van der Waals surface area contributed by atoms with Gasteiger partial charge in [0, 0.05) is 0 Å². The monoisotopic (exact) mass is 424 g/mol. The van der Waals surface area contributed by atoms with E-state index < -0.39 is 59.9 Å². The van der Waals surface area contributed by atoms with Gasteiger partial charge in [-0.15, -0.1) is 0 Å². The number of carboxylic acids is 1. The zero-order chi connectivity index (χ0) is 22.2. The van der Waals surface area contributed by atoms with Crippen molar-refractivity contribution in [3.8, 4) is 5.75 Å². The van der Waals surface area contributed by atoms with Gasteiger partial charge in [-0.1, -0.05) is 19.1 Å². The average Bonchev–Trinajstić information content (AvgIpc) is 2.69. The van der Waals surface area contributed by atoms with Crippen molar-refractivity contribution >= 4 is 23.8 Å². The van der Waals surface area contributed by atoms with Crippen molar-refractivity contribution in [3.63, 3.8) is 0 Å². The van der Waals surface area contributed by atoms with Gasteiger partial charge in [0.1, 0.15) is 24.1 Å². The van der Waals surface area contributed by atoms with E-state index in [1.54, 1.807) is 6.92 Å². The number of benzene rings is 1. The molecule has 0 unspecified atom stereocenters. The molecule has 2 fully saturated rings. The number of barbiturate groups is 1. The van der Waals surface area contributed by atoms with Crippen molar-refractivity contribution in [1.82, 2.24) is 10.6 Å². The highest BCUT2D eigenvalue weighted by Gasteiger charge is 2.51. The number of ether oxygens (including phenoxy) is 2. The normalized spacial score (nSPS) is 30.9. The van der Waals surface area contributed by atoms with Gasteiger partial charge in [0.05, 0.1) is 0 Å². The molecule has 0 spiro atoms. The van der Waals surface area contributed by atoms with Crippen LogP contribution in [0.15, 0.2) is 24.3 Å². The molecule has 12 nitrogen and oxygen atoms in total. The summed E-state index contributed by atoms with van der Waals surface area (Å²) in [7, 11) is 0. The van der Waals surface area contributed by atoms with E-state index in [1.807, 2.05) is 0 Å². The topological polar surface area (TPSA) is 192 Å². The maximum absolute atomic E-state index is 12.4. The van der Waals surface area contributed by atoms with Crippen LogP contribution in [0.3, 0.4) is 0 Å². The average molecular weight is 424 g/mol. The number of rotatable bonds is 5. The highest BCUT2D eigenvalue weighted by molar-refractivity contribution is 6.22. The number of carbonyl (C=O) groups excluding carboxylic acids is 3. The molecule has 3 rings (SSSR count). The maximum Gasteiger partial charge on any atom is 0.335 e. The summed E-state index contributed by atoms with van der Waals surface area (Å²) in [6.45, 7) is 1.60. The van der Waals surface area contributed by atoms with E-state index >= 15 is 0 Å². The van der Waals surface area contributed by atoms with Gasteiger partial charge < -0.3 is 29.9 Å². The molecule has 0 aliphatic carbocycles. The highest BCUT2D eigenvalue weighted by atomic mass is 16.7. The number of carboxylic acid groups (broad SMARTS) is 1. The van der Waals surface area contributed by atoms with Crippen molar-refractivity contribution in [1.29, 1.82) is 0 Å². The smallest absolute Gasteiger partial charge is 0.335 e. The summed E-state index contributed by atoms with van der Waals surface area (Å²) in [6.07, 6.45) is -8.77. The molecular weight excluding hydrogens is 404 g/mol. The third kappa shape index (κ3) is 3.50. The quantitative estimate of drug-likeness (QED) is 0.287. The van der Waals surface area contributed by atoms with E-state index in [9.17, 15) is 34.5 Å². The molecule has 2 heterocycles. The number of aliphatic carboxylic acids is 1. The fraction of sp³-hybridized carbons (Fsp3) is 0.444. The summed E-state index contributed by atoms with van der Waals surface area (Å²) in [6, 6.07) is 4.55. The SMILES string of the molecule is CCC1(c2ccc(O[C@@H]3O[C@H](C(=O)O)[C@@H](O)[C@H](O)[C@H]3O)cc2)C(=O)NC(=O)NC1=O. The molecule has 2 aliphatic rings. The second kappa shape index (κ2) is 7.99. The first kappa shape index (κ1) is 21.6. The summed E-state index contributed by atoms with van der Waals surface area (Å²) in [5, 5.41) is 42.7. The lowest BCUT2D eigenvalue weighted by atomic mass is 9.75. The second-order valence-corrected chi connectivity index (χ2v) is 6.87. The van der Waals surface area contributed by atoms with Crippen molar-refractivity contribution in [2.45, 2.75) is 49.5 Å². The molecule has 0 radical (unpaired) electrons. The van der Waals surface area contributed by atoms with Crippen LogP contribution in [0.5, 0.6) is 5.75 Å². The van der Waals surface area contributed by atoms with Crippen molar-refractivity contribution in [2.24, 2.45) is 0 Å². The zero-order valence-electron chi connectivity index (χ0n) is 15.6. The lowest BCUT2D eigenvalue weighted by Crippen LogP contribution is -2.64. The summed E-state index contributed by atoms with van der Waals surface area (Å²) in [5.41, 5.74) is -1.37. The largest absolute Gasteiger partial charge is 0.479 e. The molecule has 1 aromatic rings. The standard InChI is InChI=1S/C18H20N2O10/c1-2-18(15(26)19-17(28)20-16(18)27)7-3-5-8(6-4-7)29-14-11(23)9(21)10(22)12(30-14)13(24)25/h3-6,9-12,14,21-23H,2H2,1H3,(H,24,25)(H2,19,20,26,27,28)/t9-,10-,11+,12-,14+/m0/s1. The van der Waals surface area contributed by atoms with E-state index in [-0.39, 0.29) is 17.7 Å². The fourth-order valence-electron chi connectivity index (χ4n) is 3.44. The van der Waals surface area contributed by atoms with E-state index in [2.05, 4.69) is 10.6 Å². The number of hydrogen-bond donors (Lipinski definition) is 6. The third-order valence-electron chi connectivity index (χ3n) is 5.17. The van der Waals surface area contributed by atoms with Crippen LogP contribution in [-0.2, 0) is 24.5 Å². The van der Waals surface area contributed by atoms with Crippen LogP contribution in [0.4, 0.5) is 4.79 Å². The molecule has 0 saturated carbocycles. The predicted molar refractivity (Wildman–Crippen MR) is 95.0 cm³/mol. The van der Waals surface area contributed by atoms with Gasteiger partial charge in [-0.3, -0.25) is 20.2 Å². The van der Waals surface area contributed by atoms with Crippen molar-refractivity contribution in [2.75, 3.05) is 0 Å². The number of aliphatic hydroxyl groups excluding tert-OH is 3. The minimum absolute atomic E-state index is 0.0625. The van der Waals surface area contributed by atoms with Crippen molar-refractivity contribution < 1.29 is 49.1 Å². The molecule has 162 valence electrons. The lowest BCUT2D eigenvalue weighted by molar-refractivity contribution is -0.271. The molecule has 0 aromatic heterocycles. The molecule has 6 N–H and O–H groups in total. The summed E-state index contributed by atoms with van der Waals surface area (Å²) in [5.74, 6) is -3.04. The first-order valence-corrected chi connectivity index (χ1v) is 8.98. The molecule has 12 heteroatoms. The first-order chi connectivity index (χ1) is 14.1. The van der Waals surface area contributed by atoms with Crippen LogP contribution in [0, 0.1) is 0 Å². The number of nitrogens with one attached hydrogen (secondary N) is 2. The molecule has 30 heavy (non-hydrogen) atoms. The van der Waals surface area contributed by atoms with Gasteiger partial charge in [0.25, 0.3) is 0 Å². The first-order valence-electron chi connectivity index (χ1n) is 8.98. The number of imide groups is 2. The Morgan fingerprint density at radius 1 is 1.03 bits per heavy atom. The molecule has 2 saturated heterocycles. The van der Waals surface area contributed by atoms with Crippen LogP contribution in [0.2, 0.25) is 0 Å². The lowest BCUT2D eigenvalue weighted by Gasteiger charge is -2.38. The Morgan fingerprint density at radius 3 is 2.10 bits per heavy atom. The Morgan fingerprint density at radius 2 is 1.60 bits per heavy atom. The molecule has 1 aromatic carbocycles. The Balaban J connectivity index is 1.82. The third-order valence-corrected chi connectivity index (χ3v) is 5.17. The summed E-state index contributed by atoms with van der Waals surface area (Å²) >= 11 is 0. The predicted octanol–water partition coefficient (Wildman–Crippen LogP) is -2.03. The second-order valence-electron chi connectivity index (χ2n) is 6.87. The highest BCUT2D eigenvalue weighted by Crippen LogP contribution is 2.32. The number of hydrogen-bond acceptors (Lipinski definition) is 9. The summed E-state index contributed by atoms with van der Waals surface area (Å²) < 4.78 is 10.4. The van der Waals surface area contributed by atoms with Crippen LogP contribution >= 0.6 is 0 Å². The van der Waals surface area contributed by atoms with Crippen LogP contribution in [0.1, 0.15) is 18.9 Å². The number of amides is 4. The van der Waals surface area contributed by atoms with Crippen LogP contribution in [0.25, 0.3) is 0 Å². The molecule has 2 aliphatic heterocycles. The Bertz CT molecular complexity index is 850. The zero-order valence-corrected chi connectivity index (χ0v) is 15.6. The number of aliphatic hydroxyl groups is 3. The number of urea groups is 1. The van der Waals surface area contributed by atoms with Gasteiger partial charge in [-0.05, 0) is 24.1 Å². The van der Waals surface area contributed by atoms with E-state index in [0.29, 0.717) is 0 Å². The number of carbonyl (C=O) groups is 4. The Hall–Kier alpha value is -3.06. The Kier molecular flexibility index (Phi) is 5.76. The molecule has 4 amide bonds. The molecular formula is C18H20N2O10. The van der Waals surface area contributed by atoms with Gasteiger partial charge in [-0.25, -0.2) is 9.59 Å². The minimum Gasteiger partial charge on any atom is -0.479 e. The maximum atomic E-state index is 12.4. The fourth-order valence-corrected chi connectivity index (χ4v) is 3.44. The van der Waals surface area contributed by atoms with Gasteiger partial charge in [-0.2, -0.15) is 0 Å². The van der Waals surface area contributed by atoms with Crippen LogP contribution in [-0.4, -0.2) is 74.9 Å². The van der Waals surface area contributed by atoms with E-state index in [0.717, 1.165) is 0 Å². The van der Waals surface area contributed by atoms with Gasteiger partial charge >= 0.3 is 12.0 Å². The summed E-state index contributed by atoms with van der Waals surface area (Å²) in [4.78, 5) is 47.3.